The minimum atomic E-state index is -0.432. The lowest BCUT2D eigenvalue weighted by Gasteiger charge is -2.20. The van der Waals surface area contributed by atoms with Crippen molar-refractivity contribution in [2.24, 2.45) is 0 Å². The Balaban J connectivity index is 4.04. The van der Waals surface area contributed by atoms with Gasteiger partial charge in [0, 0.05) is 30.8 Å². The molecular weight excluding hydrogens is 392 g/mol. The summed E-state index contributed by atoms with van der Waals surface area (Å²) in [7, 11) is 0. The molecule has 8 heteroatoms. The zero-order valence-corrected chi connectivity index (χ0v) is 18.9. The Kier molecular flexibility index (Phi) is 17.0. The van der Waals surface area contributed by atoms with E-state index in [2.05, 4.69) is 13.2 Å². The molecule has 0 fully saturated rings. The summed E-state index contributed by atoms with van der Waals surface area (Å²) in [4.78, 5) is 22.7. The third kappa shape index (κ3) is 15.1. The maximum absolute atomic E-state index is 11.4. The van der Waals surface area contributed by atoms with Crippen LogP contribution in [0.15, 0.2) is 24.3 Å². The normalized spacial score (nSPS) is 12.8. The Hall–Kier alpha value is -1.74. The molecule has 174 valence electrons. The maximum Gasteiger partial charge on any atom is 0.333 e. The average Bonchev–Trinajstić information content (AvgIpc) is 2.72. The van der Waals surface area contributed by atoms with Gasteiger partial charge in [-0.2, -0.15) is 0 Å². The highest BCUT2D eigenvalue weighted by atomic mass is 16.7. The van der Waals surface area contributed by atoms with E-state index in [4.69, 9.17) is 28.4 Å². The van der Waals surface area contributed by atoms with Crippen LogP contribution >= 0.6 is 0 Å². The molecule has 0 spiro atoms. The molecule has 2 unspecified atom stereocenters. The van der Waals surface area contributed by atoms with Gasteiger partial charge in [0.1, 0.15) is 13.2 Å². The van der Waals surface area contributed by atoms with Gasteiger partial charge < -0.3 is 28.4 Å². The number of hydrogen-bond donors (Lipinski definition) is 0. The van der Waals surface area contributed by atoms with Crippen molar-refractivity contribution in [1.29, 1.82) is 0 Å². The summed E-state index contributed by atoms with van der Waals surface area (Å²) in [5, 5.41) is 0. The van der Waals surface area contributed by atoms with Crippen molar-refractivity contribution < 1.29 is 38.0 Å². The highest BCUT2D eigenvalue weighted by Gasteiger charge is 2.12. The molecule has 30 heavy (non-hydrogen) atoms. The summed E-state index contributed by atoms with van der Waals surface area (Å²) >= 11 is 0. The number of rotatable bonds is 19. The summed E-state index contributed by atoms with van der Waals surface area (Å²) in [6.07, 6.45) is 2.15. The summed E-state index contributed by atoms with van der Waals surface area (Å²) in [5.41, 5.74) is 0.710. The van der Waals surface area contributed by atoms with Crippen molar-refractivity contribution in [3.63, 3.8) is 0 Å². The zero-order chi connectivity index (χ0) is 22.8. The van der Waals surface area contributed by atoms with Gasteiger partial charge in [-0.3, -0.25) is 0 Å². The van der Waals surface area contributed by atoms with E-state index in [0.717, 1.165) is 6.42 Å². The van der Waals surface area contributed by atoms with Crippen LogP contribution in [-0.4, -0.2) is 64.2 Å². The number of esters is 2. The molecule has 0 amide bonds. The molecule has 0 aromatic rings. The Morgan fingerprint density at radius 3 is 1.63 bits per heavy atom. The zero-order valence-electron chi connectivity index (χ0n) is 18.9. The average molecular weight is 431 g/mol. The lowest BCUT2D eigenvalue weighted by Crippen LogP contribution is -2.23. The van der Waals surface area contributed by atoms with Gasteiger partial charge in [0.2, 0.25) is 0 Å². The molecule has 0 aromatic carbocycles. The first-order valence-corrected chi connectivity index (χ1v) is 10.4. The fourth-order valence-corrected chi connectivity index (χ4v) is 2.09. The molecule has 0 aliphatic heterocycles. The standard InChI is InChI=1S/C22H38O8/c1-7-11-25-20(28-14-16-30-22(24)18(5)6)10-9-12-26-19(8-2)27-13-15-29-21(23)17(3)4/h19-20H,3,5,7-16H2,1-2,4,6H3. The Morgan fingerprint density at radius 2 is 1.17 bits per heavy atom. The molecule has 0 aliphatic carbocycles. The van der Waals surface area contributed by atoms with E-state index >= 15 is 0 Å². The SMILES string of the molecule is C=C(C)C(=O)OCCOC(CC)OCCCC(OCCC)OCCOC(=O)C(=C)C. The predicted octanol–water partition coefficient (Wildman–Crippen LogP) is 3.54. The van der Waals surface area contributed by atoms with E-state index in [1.165, 1.54) is 0 Å². The van der Waals surface area contributed by atoms with Crippen LogP contribution in [-0.2, 0) is 38.0 Å². The Morgan fingerprint density at radius 1 is 0.700 bits per heavy atom. The van der Waals surface area contributed by atoms with E-state index in [9.17, 15) is 9.59 Å². The molecule has 0 aliphatic rings. The lowest BCUT2D eigenvalue weighted by molar-refractivity contribution is -0.172. The van der Waals surface area contributed by atoms with Gasteiger partial charge in [0.15, 0.2) is 12.6 Å². The second-order valence-corrected chi connectivity index (χ2v) is 6.73. The van der Waals surface area contributed by atoms with E-state index in [1.54, 1.807) is 13.8 Å². The fraction of sp³-hybridized carbons (Fsp3) is 0.727. The summed E-state index contributed by atoms with van der Waals surface area (Å²) in [5.74, 6) is -0.863. The van der Waals surface area contributed by atoms with Crippen LogP contribution in [0.4, 0.5) is 0 Å². The number of carbonyl (C=O) groups is 2. The molecule has 0 saturated heterocycles. The molecule has 0 aromatic heterocycles. The second-order valence-electron chi connectivity index (χ2n) is 6.73. The summed E-state index contributed by atoms with van der Waals surface area (Å²) < 4.78 is 32.6. The lowest BCUT2D eigenvalue weighted by atomic mass is 10.3. The third-order valence-corrected chi connectivity index (χ3v) is 3.67. The minimum Gasteiger partial charge on any atom is -0.460 e. The van der Waals surface area contributed by atoms with Crippen molar-refractivity contribution >= 4 is 11.9 Å². The maximum atomic E-state index is 11.4. The fourth-order valence-electron chi connectivity index (χ4n) is 2.09. The van der Waals surface area contributed by atoms with Crippen LogP contribution in [0.5, 0.6) is 0 Å². The van der Waals surface area contributed by atoms with E-state index in [0.29, 0.717) is 43.6 Å². The van der Waals surface area contributed by atoms with E-state index < -0.39 is 11.9 Å². The third-order valence-electron chi connectivity index (χ3n) is 3.67. The van der Waals surface area contributed by atoms with Crippen LogP contribution in [0.2, 0.25) is 0 Å². The van der Waals surface area contributed by atoms with Gasteiger partial charge in [-0.1, -0.05) is 27.0 Å². The minimum absolute atomic E-state index is 0.149. The van der Waals surface area contributed by atoms with Gasteiger partial charge in [-0.15, -0.1) is 0 Å². The molecular formula is C22H38O8. The molecule has 0 bridgehead atoms. The van der Waals surface area contributed by atoms with E-state index in [1.807, 2.05) is 13.8 Å². The topological polar surface area (TPSA) is 89.5 Å². The van der Waals surface area contributed by atoms with Crippen LogP contribution in [0.3, 0.4) is 0 Å². The molecule has 2 atom stereocenters. The molecule has 0 rings (SSSR count). The number of hydrogen-bond acceptors (Lipinski definition) is 8. The first-order chi connectivity index (χ1) is 14.3. The molecule has 0 heterocycles. The highest BCUT2D eigenvalue weighted by Crippen LogP contribution is 2.08. The van der Waals surface area contributed by atoms with Gasteiger partial charge in [-0.25, -0.2) is 9.59 Å². The van der Waals surface area contributed by atoms with E-state index in [-0.39, 0.29) is 39.0 Å². The molecule has 0 saturated carbocycles. The van der Waals surface area contributed by atoms with Crippen LogP contribution in [0.25, 0.3) is 0 Å². The van der Waals surface area contributed by atoms with Crippen LogP contribution in [0.1, 0.15) is 53.4 Å². The smallest absolute Gasteiger partial charge is 0.333 e. The van der Waals surface area contributed by atoms with Gasteiger partial charge >= 0.3 is 11.9 Å². The van der Waals surface area contributed by atoms with Gasteiger partial charge in [0.25, 0.3) is 0 Å². The monoisotopic (exact) mass is 430 g/mol. The van der Waals surface area contributed by atoms with Crippen LogP contribution < -0.4 is 0 Å². The van der Waals surface area contributed by atoms with Gasteiger partial charge in [0.05, 0.1) is 13.2 Å². The van der Waals surface area contributed by atoms with Crippen LogP contribution in [0, 0.1) is 0 Å². The van der Waals surface area contributed by atoms with Gasteiger partial charge in [-0.05, 0) is 33.1 Å². The predicted molar refractivity (Wildman–Crippen MR) is 113 cm³/mol. The van der Waals surface area contributed by atoms with Crippen molar-refractivity contribution in [3.05, 3.63) is 24.3 Å². The second kappa shape index (κ2) is 18.1. The first-order valence-electron chi connectivity index (χ1n) is 10.4. The van der Waals surface area contributed by atoms with Crippen molar-refractivity contribution in [3.8, 4) is 0 Å². The van der Waals surface area contributed by atoms with Crippen molar-refractivity contribution in [1.82, 2.24) is 0 Å². The summed E-state index contributed by atoms with van der Waals surface area (Å²) in [6.45, 7) is 16.1. The summed E-state index contributed by atoms with van der Waals surface area (Å²) in [6, 6.07) is 0. The van der Waals surface area contributed by atoms with Crippen molar-refractivity contribution in [2.45, 2.75) is 66.0 Å². The quantitative estimate of drug-likeness (QED) is 0.133. The molecule has 0 N–H and O–H groups in total. The largest absolute Gasteiger partial charge is 0.460 e. The number of ether oxygens (including phenoxy) is 6. The van der Waals surface area contributed by atoms with Crippen molar-refractivity contribution in [2.75, 3.05) is 39.6 Å². The Labute approximate surface area is 180 Å². The molecule has 8 nitrogen and oxygen atoms in total. The Bertz CT molecular complexity index is 517. The molecule has 0 radical (unpaired) electrons. The highest BCUT2D eigenvalue weighted by molar-refractivity contribution is 5.87. The first kappa shape index (κ1) is 28.3. The number of carbonyl (C=O) groups excluding carboxylic acids is 2.